The van der Waals surface area contributed by atoms with Gasteiger partial charge in [-0.1, -0.05) is 0 Å². The Kier molecular flexibility index (Phi) is 6.00. The minimum Gasteiger partial charge on any atom is -0.507 e. The summed E-state index contributed by atoms with van der Waals surface area (Å²) in [7, 11) is 0. The van der Waals surface area contributed by atoms with Gasteiger partial charge in [-0.25, -0.2) is 0 Å². The van der Waals surface area contributed by atoms with Crippen LogP contribution < -0.4 is 0 Å². The van der Waals surface area contributed by atoms with Crippen molar-refractivity contribution in [3.8, 4) is 17.0 Å². The third-order valence-electron chi connectivity index (χ3n) is 4.30. The van der Waals surface area contributed by atoms with Crippen molar-refractivity contribution < 1.29 is 49.7 Å². The van der Waals surface area contributed by atoms with Crippen LogP contribution in [-0.4, -0.2) is 38.4 Å². The van der Waals surface area contributed by atoms with Gasteiger partial charge in [-0.3, -0.25) is 0 Å². The third kappa shape index (κ3) is 4.60. The molecule has 0 unspecified atom stereocenters. The maximum Gasteiger partial charge on any atom is 0.426 e. The summed E-state index contributed by atoms with van der Waals surface area (Å²) in [6.45, 7) is 1.24. The van der Waals surface area contributed by atoms with Crippen molar-refractivity contribution >= 4 is 0 Å². The standard InChI is InChI=1S/C17H13F9N2O2/c1-8-6-9(15(18,19)20)7-12(29)13(8)11-3-2-10(27-28-11)4-5-14(30,16(21,22)23)17(24,25)26/h2-3,6-7,29-30H,4-5H2,1H3. The Morgan fingerprint density at radius 3 is 1.83 bits per heavy atom. The summed E-state index contributed by atoms with van der Waals surface area (Å²) in [5.41, 5.74) is -6.72. The Balaban J connectivity index is 2.28. The minimum absolute atomic E-state index is 0.0344. The Bertz CT molecular complexity index is 866. The topological polar surface area (TPSA) is 66.2 Å². The zero-order valence-electron chi connectivity index (χ0n) is 14.9. The molecule has 166 valence electrons. The van der Waals surface area contributed by atoms with Gasteiger partial charge in [0, 0.05) is 5.56 Å². The smallest absolute Gasteiger partial charge is 0.426 e. The number of aliphatic hydroxyl groups is 1. The summed E-state index contributed by atoms with van der Waals surface area (Å²) in [6, 6.07) is 3.24. The fraction of sp³-hybridized carbons (Fsp3) is 0.412. The van der Waals surface area contributed by atoms with E-state index in [1.54, 1.807) is 0 Å². The number of aromatic nitrogens is 2. The Hall–Kier alpha value is -2.57. The minimum atomic E-state index is -5.97. The summed E-state index contributed by atoms with van der Waals surface area (Å²) >= 11 is 0. The van der Waals surface area contributed by atoms with Gasteiger partial charge in [0.15, 0.2) is 0 Å². The van der Waals surface area contributed by atoms with Crippen LogP contribution in [0, 0.1) is 6.92 Å². The first-order chi connectivity index (χ1) is 13.5. The Labute approximate surface area is 163 Å². The number of nitrogens with zero attached hydrogens (tertiary/aromatic N) is 2. The fourth-order valence-corrected chi connectivity index (χ4v) is 2.65. The van der Waals surface area contributed by atoms with Crippen LogP contribution in [0.4, 0.5) is 39.5 Å². The van der Waals surface area contributed by atoms with E-state index < -0.39 is 48.3 Å². The van der Waals surface area contributed by atoms with Crippen molar-refractivity contribution in [2.45, 2.75) is 43.9 Å². The molecule has 4 nitrogen and oxygen atoms in total. The van der Waals surface area contributed by atoms with Gasteiger partial charge in [0.1, 0.15) is 5.75 Å². The van der Waals surface area contributed by atoms with Crippen LogP contribution in [0.25, 0.3) is 11.3 Å². The van der Waals surface area contributed by atoms with Crippen molar-refractivity contribution in [1.29, 1.82) is 0 Å². The van der Waals surface area contributed by atoms with E-state index in [0.29, 0.717) is 6.07 Å². The molecule has 2 N–H and O–H groups in total. The maximum absolute atomic E-state index is 12.8. The lowest BCUT2D eigenvalue weighted by Crippen LogP contribution is -2.57. The molecular formula is C17H13F9N2O2. The van der Waals surface area contributed by atoms with Gasteiger partial charge in [-0.05, 0) is 49.6 Å². The first-order valence-electron chi connectivity index (χ1n) is 8.07. The van der Waals surface area contributed by atoms with Crippen LogP contribution in [0.3, 0.4) is 0 Å². The average molecular weight is 448 g/mol. The number of rotatable bonds is 4. The molecule has 0 aliphatic heterocycles. The van der Waals surface area contributed by atoms with Crippen molar-refractivity contribution in [2.75, 3.05) is 0 Å². The van der Waals surface area contributed by atoms with Crippen molar-refractivity contribution in [3.05, 3.63) is 41.1 Å². The van der Waals surface area contributed by atoms with Crippen LogP contribution in [0.2, 0.25) is 0 Å². The second-order valence-corrected chi connectivity index (χ2v) is 6.45. The summed E-state index contributed by atoms with van der Waals surface area (Å²) in [5, 5.41) is 26.0. The molecule has 0 saturated carbocycles. The second kappa shape index (κ2) is 7.60. The molecule has 0 radical (unpaired) electrons. The molecule has 2 rings (SSSR count). The van der Waals surface area contributed by atoms with Crippen molar-refractivity contribution in [2.24, 2.45) is 0 Å². The molecule has 0 aliphatic carbocycles. The van der Waals surface area contributed by atoms with Gasteiger partial charge in [0.2, 0.25) is 0 Å². The number of benzene rings is 1. The van der Waals surface area contributed by atoms with Crippen LogP contribution >= 0.6 is 0 Å². The zero-order chi connectivity index (χ0) is 23.1. The Morgan fingerprint density at radius 2 is 1.43 bits per heavy atom. The molecule has 0 fully saturated rings. The number of phenolic OH excluding ortho intramolecular Hbond substituents is 1. The summed E-state index contributed by atoms with van der Waals surface area (Å²) < 4.78 is 114. The van der Waals surface area contributed by atoms with Crippen molar-refractivity contribution in [1.82, 2.24) is 10.2 Å². The predicted molar refractivity (Wildman–Crippen MR) is 84.3 cm³/mol. The lowest BCUT2D eigenvalue weighted by Gasteiger charge is -2.32. The number of aryl methyl sites for hydroxylation is 2. The van der Waals surface area contributed by atoms with Gasteiger partial charge in [0.05, 0.1) is 17.0 Å². The van der Waals surface area contributed by atoms with E-state index in [1.165, 1.54) is 6.92 Å². The summed E-state index contributed by atoms with van der Waals surface area (Å²) in [6.07, 6.45) is -19.4. The van der Waals surface area contributed by atoms with E-state index in [-0.39, 0.29) is 22.5 Å². The molecule has 0 bridgehead atoms. The van der Waals surface area contributed by atoms with E-state index in [1.807, 2.05) is 0 Å². The number of hydrogen-bond donors (Lipinski definition) is 2. The molecule has 0 aliphatic rings. The zero-order valence-corrected chi connectivity index (χ0v) is 14.9. The number of hydrogen-bond acceptors (Lipinski definition) is 4. The monoisotopic (exact) mass is 448 g/mol. The number of alkyl halides is 9. The predicted octanol–water partition coefficient (Wildman–Crippen LogP) is 4.96. The van der Waals surface area contributed by atoms with Crippen molar-refractivity contribution in [3.63, 3.8) is 0 Å². The van der Waals surface area contributed by atoms with Gasteiger partial charge in [0.25, 0.3) is 5.60 Å². The highest BCUT2D eigenvalue weighted by Gasteiger charge is 2.69. The molecule has 30 heavy (non-hydrogen) atoms. The number of phenols is 1. The van der Waals surface area contributed by atoms with Gasteiger partial charge in [-0.15, -0.1) is 0 Å². The van der Waals surface area contributed by atoms with Crippen LogP contribution in [0.1, 0.15) is 23.2 Å². The highest BCUT2D eigenvalue weighted by Crippen LogP contribution is 2.45. The van der Waals surface area contributed by atoms with Crippen LogP contribution in [0.15, 0.2) is 24.3 Å². The third-order valence-corrected chi connectivity index (χ3v) is 4.30. The van der Waals surface area contributed by atoms with E-state index in [2.05, 4.69) is 10.2 Å². The molecular weight excluding hydrogens is 435 g/mol. The molecule has 0 amide bonds. The summed E-state index contributed by atoms with van der Waals surface area (Å²) in [4.78, 5) is 0. The van der Waals surface area contributed by atoms with Gasteiger partial charge < -0.3 is 10.2 Å². The normalized spacial score (nSPS) is 13.6. The van der Waals surface area contributed by atoms with E-state index in [9.17, 15) is 44.6 Å². The van der Waals surface area contributed by atoms with E-state index >= 15 is 0 Å². The molecule has 2 aromatic rings. The molecule has 1 heterocycles. The molecule has 0 spiro atoms. The first-order valence-corrected chi connectivity index (χ1v) is 8.07. The Morgan fingerprint density at radius 1 is 0.867 bits per heavy atom. The number of aromatic hydroxyl groups is 1. The maximum atomic E-state index is 12.8. The van der Waals surface area contributed by atoms with Crippen LogP contribution in [0.5, 0.6) is 5.75 Å². The van der Waals surface area contributed by atoms with Gasteiger partial charge >= 0.3 is 18.5 Å². The van der Waals surface area contributed by atoms with Crippen LogP contribution in [-0.2, 0) is 12.6 Å². The molecule has 0 saturated heterocycles. The number of halogens is 9. The molecule has 1 aromatic carbocycles. The lowest BCUT2D eigenvalue weighted by molar-refractivity contribution is -0.369. The first kappa shape index (κ1) is 23.7. The average Bonchev–Trinajstić information content (AvgIpc) is 2.57. The van der Waals surface area contributed by atoms with E-state index in [0.717, 1.165) is 18.2 Å². The SMILES string of the molecule is Cc1cc(C(F)(F)F)cc(O)c1-c1ccc(CCC(O)(C(F)(F)F)C(F)(F)F)nn1. The second-order valence-electron chi connectivity index (χ2n) is 6.45. The quantitative estimate of drug-likeness (QED) is 0.649. The van der Waals surface area contributed by atoms with E-state index in [4.69, 9.17) is 5.11 Å². The molecule has 1 aromatic heterocycles. The summed E-state index contributed by atoms with van der Waals surface area (Å²) in [5.74, 6) is -0.784. The highest BCUT2D eigenvalue weighted by atomic mass is 19.4. The molecule has 0 atom stereocenters. The molecule has 13 heteroatoms. The highest BCUT2D eigenvalue weighted by molar-refractivity contribution is 5.71. The fourth-order valence-electron chi connectivity index (χ4n) is 2.65. The lowest BCUT2D eigenvalue weighted by atomic mass is 9.95. The van der Waals surface area contributed by atoms with Gasteiger partial charge in [-0.2, -0.15) is 49.7 Å². The largest absolute Gasteiger partial charge is 0.507 e.